The lowest BCUT2D eigenvalue weighted by Gasteiger charge is -2.10. The van der Waals surface area contributed by atoms with E-state index in [1.54, 1.807) is 18.2 Å². The summed E-state index contributed by atoms with van der Waals surface area (Å²) < 4.78 is 5.15. The maximum absolute atomic E-state index is 11.5. The Morgan fingerprint density at radius 2 is 2.00 bits per heavy atom. The fourth-order valence-electron chi connectivity index (χ4n) is 1.39. The van der Waals surface area contributed by atoms with E-state index in [9.17, 15) is 9.59 Å². The van der Waals surface area contributed by atoms with Gasteiger partial charge in [-0.2, -0.15) is 0 Å². The van der Waals surface area contributed by atoms with Crippen molar-refractivity contribution in [1.29, 1.82) is 0 Å². The first kappa shape index (κ1) is 18.5. The molecule has 20 heavy (non-hydrogen) atoms. The number of methoxy groups -OCH3 is 1. The summed E-state index contributed by atoms with van der Waals surface area (Å²) in [4.78, 5) is 22.4. The Kier molecular flexibility index (Phi) is 8.71. The van der Waals surface area contributed by atoms with Gasteiger partial charge in [-0.05, 0) is 18.2 Å². The Labute approximate surface area is 128 Å². The van der Waals surface area contributed by atoms with Crippen LogP contribution in [0.2, 0.25) is 5.02 Å². The third kappa shape index (κ3) is 6.10. The molecule has 1 aromatic carbocycles. The molecule has 112 valence electrons. The van der Waals surface area contributed by atoms with Crippen molar-refractivity contribution in [2.24, 2.45) is 5.73 Å². The molecule has 0 atom stereocenters. The summed E-state index contributed by atoms with van der Waals surface area (Å²) >= 11 is 5.87. The number of nitrogens with one attached hydrogen (secondary N) is 2. The smallest absolute Gasteiger partial charge is 0.239 e. The lowest BCUT2D eigenvalue weighted by atomic mass is 10.2. The second-order valence-corrected chi connectivity index (χ2v) is 4.15. The van der Waals surface area contributed by atoms with E-state index >= 15 is 0 Å². The number of carbonyl (C=O) groups excluding carboxylic acids is 2. The average molecular weight is 322 g/mol. The van der Waals surface area contributed by atoms with Gasteiger partial charge >= 0.3 is 0 Å². The molecule has 2 amide bonds. The summed E-state index contributed by atoms with van der Waals surface area (Å²) in [5.41, 5.74) is 5.86. The van der Waals surface area contributed by atoms with Gasteiger partial charge < -0.3 is 21.1 Å². The standard InChI is InChI=1S/C12H16ClN3O3.ClH/c1-19-10-3-2-9(13)4-8(10)6-15-12(18)7-16-11(17)5-14;/h2-4H,5-7,14H2,1H3,(H,15,18)(H,16,17);1H. The second-order valence-electron chi connectivity index (χ2n) is 3.71. The van der Waals surface area contributed by atoms with Crippen molar-refractivity contribution in [2.45, 2.75) is 6.54 Å². The molecule has 0 aromatic heterocycles. The first-order valence-electron chi connectivity index (χ1n) is 5.62. The molecule has 0 radical (unpaired) electrons. The number of hydrogen-bond acceptors (Lipinski definition) is 4. The summed E-state index contributed by atoms with van der Waals surface area (Å²) in [5, 5.41) is 5.58. The molecule has 0 aliphatic carbocycles. The van der Waals surface area contributed by atoms with Gasteiger partial charge in [-0.1, -0.05) is 11.6 Å². The van der Waals surface area contributed by atoms with E-state index in [1.807, 2.05) is 0 Å². The largest absolute Gasteiger partial charge is 0.496 e. The minimum Gasteiger partial charge on any atom is -0.496 e. The number of rotatable bonds is 6. The number of benzene rings is 1. The molecule has 6 nitrogen and oxygen atoms in total. The van der Waals surface area contributed by atoms with E-state index in [4.69, 9.17) is 22.1 Å². The van der Waals surface area contributed by atoms with Crippen LogP contribution in [0.1, 0.15) is 5.56 Å². The van der Waals surface area contributed by atoms with E-state index in [0.717, 1.165) is 5.56 Å². The van der Waals surface area contributed by atoms with Crippen LogP contribution in [0.5, 0.6) is 5.75 Å². The summed E-state index contributed by atoms with van der Waals surface area (Å²) in [6.45, 7) is 0.00930. The van der Waals surface area contributed by atoms with Crippen LogP contribution in [-0.4, -0.2) is 32.0 Å². The molecule has 1 aromatic rings. The number of ether oxygens (including phenoxy) is 1. The molecule has 0 bridgehead atoms. The predicted octanol–water partition coefficient (Wildman–Crippen LogP) is 0.462. The van der Waals surface area contributed by atoms with Crippen LogP contribution >= 0.6 is 24.0 Å². The molecule has 1 rings (SSSR count). The number of halogens is 2. The second kappa shape index (κ2) is 9.41. The first-order chi connectivity index (χ1) is 9.06. The van der Waals surface area contributed by atoms with Crippen LogP contribution in [0.25, 0.3) is 0 Å². The highest BCUT2D eigenvalue weighted by Crippen LogP contribution is 2.22. The van der Waals surface area contributed by atoms with Gasteiger partial charge in [-0.25, -0.2) is 0 Å². The van der Waals surface area contributed by atoms with Crippen molar-refractivity contribution in [3.63, 3.8) is 0 Å². The van der Waals surface area contributed by atoms with Gasteiger partial charge in [-0.3, -0.25) is 9.59 Å². The van der Waals surface area contributed by atoms with Crippen LogP contribution in [0.15, 0.2) is 18.2 Å². The zero-order chi connectivity index (χ0) is 14.3. The van der Waals surface area contributed by atoms with Crippen molar-refractivity contribution in [3.8, 4) is 5.75 Å². The molecule has 0 unspecified atom stereocenters. The zero-order valence-electron chi connectivity index (χ0n) is 10.9. The summed E-state index contributed by atoms with van der Waals surface area (Å²) in [7, 11) is 1.54. The van der Waals surface area contributed by atoms with Crippen molar-refractivity contribution < 1.29 is 14.3 Å². The fraction of sp³-hybridized carbons (Fsp3) is 0.333. The predicted molar refractivity (Wildman–Crippen MR) is 79.2 cm³/mol. The lowest BCUT2D eigenvalue weighted by molar-refractivity contribution is -0.125. The van der Waals surface area contributed by atoms with Gasteiger partial charge in [0.25, 0.3) is 0 Å². The quantitative estimate of drug-likeness (QED) is 0.709. The Morgan fingerprint density at radius 3 is 2.60 bits per heavy atom. The van der Waals surface area contributed by atoms with Gasteiger partial charge in [0.1, 0.15) is 5.75 Å². The number of carbonyl (C=O) groups is 2. The van der Waals surface area contributed by atoms with Crippen LogP contribution in [0.3, 0.4) is 0 Å². The third-order valence-electron chi connectivity index (χ3n) is 2.35. The Bertz CT molecular complexity index is 469. The third-order valence-corrected chi connectivity index (χ3v) is 2.59. The van der Waals surface area contributed by atoms with Crippen LogP contribution in [0.4, 0.5) is 0 Å². The maximum atomic E-state index is 11.5. The van der Waals surface area contributed by atoms with E-state index < -0.39 is 0 Å². The Balaban J connectivity index is 0.00000361. The van der Waals surface area contributed by atoms with Crippen molar-refractivity contribution >= 4 is 35.8 Å². The van der Waals surface area contributed by atoms with Crippen molar-refractivity contribution in [2.75, 3.05) is 20.2 Å². The average Bonchev–Trinajstić information content (AvgIpc) is 2.42. The molecular formula is C12H17Cl2N3O3. The zero-order valence-corrected chi connectivity index (χ0v) is 12.5. The molecular weight excluding hydrogens is 305 g/mol. The maximum Gasteiger partial charge on any atom is 0.239 e. The fourth-order valence-corrected chi connectivity index (χ4v) is 1.59. The minimum absolute atomic E-state index is 0. The molecule has 0 saturated carbocycles. The molecule has 0 aliphatic heterocycles. The van der Waals surface area contributed by atoms with Gasteiger partial charge in [0.15, 0.2) is 0 Å². The molecule has 0 heterocycles. The van der Waals surface area contributed by atoms with Gasteiger partial charge in [-0.15, -0.1) is 12.4 Å². The Hall–Kier alpha value is -1.50. The summed E-state index contributed by atoms with van der Waals surface area (Å²) in [6, 6.07) is 5.13. The van der Waals surface area contributed by atoms with Crippen molar-refractivity contribution in [1.82, 2.24) is 10.6 Å². The highest BCUT2D eigenvalue weighted by atomic mass is 35.5. The Morgan fingerprint density at radius 1 is 1.30 bits per heavy atom. The summed E-state index contributed by atoms with van der Waals surface area (Å²) in [5.74, 6) is -0.0602. The lowest BCUT2D eigenvalue weighted by Crippen LogP contribution is -2.39. The van der Waals surface area contributed by atoms with Crippen LogP contribution < -0.4 is 21.1 Å². The van der Waals surface area contributed by atoms with Crippen LogP contribution in [-0.2, 0) is 16.1 Å². The van der Waals surface area contributed by atoms with Crippen molar-refractivity contribution in [3.05, 3.63) is 28.8 Å². The summed E-state index contributed by atoms with van der Waals surface area (Å²) in [6.07, 6.45) is 0. The van der Waals surface area contributed by atoms with Gasteiger partial charge in [0, 0.05) is 17.1 Å². The normalized spacial score (nSPS) is 9.35. The first-order valence-corrected chi connectivity index (χ1v) is 6.00. The van der Waals surface area contributed by atoms with Gasteiger partial charge in [0.2, 0.25) is 11.8 Å². The SMILES string of the molecule is COc1ccc(Cl)cc1CNC(=O)CNC(=O)CN.Cl. The molecule has 4 N–H and O–H groups in total. The minimum atomic E-state index is -0.379. The topological polar surface area (TPSA) is 93.5 Å². The molecule has 8 heteroatoms. The highest BCUT2D eigenvalue weighted by Gasteiger charge is 2.07. The highest BCUT2D eigenvalue weighted by molar-refractivity contribution is 6.30. The van der Waals surface area contributed by atoms with Gasteiger partial charge in [0.05, 0.1) is 20.2 Å². The molecule has 0 spiro atoms. The molecule has 0 saturated heterocycles. The monoisotopic (exact) mass is 321 g/mol. The van der Waals surface area contributed by atoms with E-state index in [2.05, 4.69) is 10.6 Å². The van der Waals surface area contributed by atoms with Crippen LogP contribution in [0, 0.1) is 0 Å². The molecule has 0 fully saturated rings. The van der Waals surface area contributed by atoms with E-state index in [1.165, 1.54) is 7.11 Å². The number of amides is 2. The number of nitrogens with two attached hydrogens (primary N) is 1. The van der Waals surface area contributed by atoms with E-state index in [0.29, 0.717) is 10.8 Å². The molecule has 0 aliphatic rings. The van der Waals surface area contributed by atoms with E-state index in [-0.39, 0.29) is 43.9 Å². The number of hydrogen-bond donors (Lipinski definition) is 3.